The first-order valence-electron chi connectivity index (χ1n) is 31.0. The highest BCUT2D eigenvalue weighted by Crippen LogP contribution is 2.15. The van der Waals surface area contributed by atoms with Gasteiger partial charge in [-0.1, -0.05) is 264 Å². The summed E-state index contributed by atoms with van der Waals surface area (Å²) in [6, 6.07) is 0. The van der Waals surface area contributed by atoms with Crippen LogP contribution >= 0.6 is 0 Å². The van der Waals surface area contributed by atoms with Crippen LogP contribution in [0.2, 0.25) is 0 Å². The molecule has 0 aliphatic heterocycles. The van der Waals surface area contributed by atoms with Crippen LogP contribution < -0.4 is 0 Å². The van der Waals surface area contributed by atoms with Crippen molar-refractivity contribution in [3.8, 4) is 0 Å². The summed E-state index contributed by atoms with van der Waals surface area (Å²) in [5.74, 6) is -0.913. The molecule has 75 heavy (non-hydrogen) atoms. The van der Waals surface area contributed by atoms with E-state index in [0.717, 1.165) is 128 Å². The van der Waals surface area contributed by atoms with E-state index in [9.17, 15) is 14.4 Å². The summed E-state index contributed by atoms with van der Waals surface area (Å²) in [5, 5.41) is 0. The van der Waals surface area contributed by atoms with Gasteiger partial charge in [0.05, 0.1) is 0 Å². The van der Waals surface area contributed by atoms with Gasteiger partial charge in [0.2, 0.25) is 0 Å². The highest BCUT2D eigenvalue weighted by Gasteiger charge is 2.19. The third-order valence-corrected chi connectivity index (χ3v) is 13.0. The van der Waals surface area contributed by atoms with Gasteiger partial charge >= 0.3 is 17.9 Å². The van der Waals surface area contributed by atoms with Crippen molar-refractivity contribution in [1.29, 1.82) is 0 Å². The normalized spacial score (nSPS) is 12.9. The molecule has 6 nitrogen and oxygen atoms in total. The largest absolute Gasteiger partial charge is 0.462 e. The summed E-state index contributed by atoms with van der Waals surface area (Å²) in [5.41, 5.74) is 0. The first kappa shape index (κ1) is 70.8. The van der Waals surface area contributed by atoms with E-state index >= 15 is 0 Å². The van der Waals surface area contributed by atoms with Crippen LogP contribution in [0.5, 0.6) is 0 Å². The third kappa shape index (κ3) is 60.6. The summed E-state index contributed by atoms with van der Waals surface area (Å²) in [4.78, 5) is 37.8. The Labute approximate surface area is 462 Å². The van der Waals surface area contributed by atoms with Gasteiger partial charge in [0, 0.05) is 19.3 Å². The predicted octanol–water partition coefficient (Wildman–Crippen LogP) is 21.2. The van der Waals surface area contributed by atoms with Crippen LogP contribution in [0.1, 0.15) is 278 Å². The van der Waals surface area contributed by atoms with E-state index in [4.69, 9.17) is 14.2 Å². The van der Waals surface area contributed by atoms with E-state index in [2.05, 4.69) is 142 Å². The average Bonchev–Trinajstić information content (AvgIpc) is 3.41. The van der Waals surface area contributed by atoms with Crippen molar-refractivity contribution in [1.82, 2.24) is 0 Å². The maximum absolute atomic E-state index is 12.8. The summed E-state index contributed by atoms with van der Waals surface area (Å²) in [6.07, 6.45) is 86.8. The molecule has 1 atom stereocenters. The molecule has 0 aliphatic rings. The van der Waals surface area contributed by atoms with E-state index in [1.165, 1.54) is 109 Å². The van der Waals surface area contributed by atoms with Gasteiger partial charge in [-0.15, -0.1) is 0 Å². The highest BCUT2D eigenvalue weighted by atomic mass is 16.6. The number of carbonyl (C=O) groups is 3. The number of rotatable bonds is 55. The molecular weight excluding hydrogens is 925 g/mol. The third-order valence-electron chi connectivity index (χ3n) is 13.0. The van der Waals surface area contributed by atoms with Crippen LogP contribution in [0.3, 0.4) is 0 Å². The van der Waals surface area contributed by atoms with Crippen LogP contribution in [-0.2, 0) is 28.6 Å². The van der Waals surface area contributed by atoms with Crippen LogP contribution in [0, 0.1) is 0 Å². The fourth-order valence-electron chi connectivity index (χ4n) is 8.31. The molecule has 0 bridgehead atoms. The first-order chi connectivity index (χ1) is 37.0. The number of unbranched alkanes of at least 4 members (excludes halogenated alkanes) is 24. The molecule has 0 heterocycles. The van der Waals surface area contributed by atoms with Crippen LogP contribution in [-0.4, -0.2) is 37.2 Å². The van der Waals surface area contributed by atoms with Crippen molar-refractivity contribution in [2.24, 2.45) is 0 Å². The summed E-state index contributed by atoms with van der Waals surface area (Å²) < 4.78 is 16.7. The quantitative estimate of drug-likeness (QED) is 0.0261. The lowest BCUT2D eigenvalue weighted by molar-refractivity contribution is -0.167. The monoisotopic (exact) mass is 1040 g/mol. The smallest absolute Gasteiger partial charge is 0.306 e. The Hall–Kier alpha value is -4.19. The van der Waals surface area contributed by atoms with E-state index in [0.29, 0.717) is 19.3 Å². The molecule has 6 heteroatoms. The Balaban J connectivity index is 4.08. The topological polar surface area (TPSA) is 78.9 Å². The van der Waals surface area contributed by atoms with Crippen molar-refractivity contribution >= 4 is 17.9 Å². The van der Waals surface area contributed by atoms with E-state index < -0.39 is 6.10 Å². The molecule has 0 saturated carbocycles. The number of esters is 3. The Morgan fingerprint density at radius 3 is 0.827 bits per heavy atom. The van der Waals surface area contributed by atoms with Crippen LogP contribution in [0.4, 0.5) is 0 Å². The second-order valence-electron chi connectivity index (χ2n) is 20.2. The molecule has 0 aromatic rings. The van der Waals surface area contributed by atoms with Crippen LogP contribution in [0.25, 0.3) is 0 Å². The van der Waals surface area contributed by atoms with E-state index in [1.807, 2.05) is 0 Å². The van der Waals surface area contributed by atoms with Crippen molar-refractivity contribution < 1.29 is 28.6 Å². The molecule has 0 radical (unpaired) electrons. The zero-order valence-electron chi connectivity index (χ0n) is 48.8. The van der Waals surface area contributed by atoms with Gasteiger partial charge in [-0.3, -0.25) is 14.4 Å². The molecule has 0 spiro atoms. The van der Waals surface area contributed by atoms with Crippen LogP contribution in [0.15, 0.2) is 122 Å². The predicted molar refractivity (Wildman–Crippen MR) is 325 cm³/mol. The Kier molecular flexibility index (Phi) is 58.9. The maximum atomic E-state index is 12.8. The minimum Gasteiger partial charge on any atom is -0.462 e. The Bertz CT molecular complexity index is 1570. The minimum absolute atomic E-state index is 0.0843. The molecule has 0 aromatic carbocycles. The molecule has 0 amide bonds. The minimum atomic E-state index is -0.783. The Morgan fingerprint density at radius 1 is 0.280 bits per heavy atom. The molecule has 0 rings (SSSR count). The van der Waals surface area contributed by atoms with Gasteiger partial charge in [-0.2, -0.15) is 0 Å². The first-order valence-corrected chi connectivity index (χ1v) is 31.0. The van der Waals surface area contributed by atoms with Crippen molar-refractivity contribution in [3.63, 3.8) is 0 Å². The Morgan fingerprint density at radius 2 is 0.520 bits per heavy atom. The zero-order valence-corrected chi connectivity index (χ0v) is 48.8. The van der Waals surface area contributed by atoms with Gasteiger partial charge in [0.1, 0.15) is 13.2 Å². The molecule has 0 saturated heterocycles. The molecule has 0 N–H and O–H groups in total. The number of carbonyl (C=O) groups excluding carboxylic acids is 3. The fourth-order valence-corrected chi connectivity index (χ4v) is 8.31. The fraction of sp³-hybridized carbons (Fsp3) is 0.667. The van der Waals surface area contributed by atoms with Gasteiger partial charge in [-0.05, 0) is 116 Å². The molecule has 1 unspecified atom stereocenters. The standard InChI is InChI=1S/C69H114O6/c1-4-7-10-13-15-17-19-21-23-25-26-27-28-29-30-31-32-33-34-35-36-37-38-39-40-41-42-44-45-47-49-51-53-56-59-62-68(71)74-65-66(64-73-67(70)61-58-55-12-9-6-3)75-69(72)63-60-57-54-52-50-48-46-43-24-22-20-18-16-14-11-8-5-2/h7,10,15,17,21-24,26-27,29-30,32-33,35-36,38-39,41-42,66H,4-6,8-9,11-14,16,18-20,25,28,31,34,37,40,43-65H2,1-3H3/b10-7-,17-15-,23-21-,24-22-,27-26-,30-29-,33-32-,36-35-,39-38-,42-41-. The van der Waals surface area contributed by atoms with E-state index in [1.54, 1.807) is 0 Å². The second-order valence-corrected chi connectivity index (χ2v) is 20.2. The number of allylic oxidation sites excluding steroid dienone is 20. The van der Waals surface area contributed by atoms with Crippen molar-refractivity contribution in [2.75, 3.05) is 13.2 Å². The highest BCUT2D eigenvalue weighted by molar-refractivity contribution is 5.71. The van der Waals surface area contributed by atoms with Gasteiger partial charge in [-0.25, -0.2) is 0 Å². The number of ether oxygens (including phenoxy) is 3. The molecular formula is C69H114O6. The zero-order chi connectivity index (χ0) is 54.3. The molecule has 0 aliphatic carbocycles. The summed E-state index contributed by atoms with van der Waals surface area (Å²) in [7, 11) is 0. The van der Waals surface area contributed by atoms with Gasteiger partial charge < -0.3 is 14.2 Å². The molecule has 0 aromatic heterocycles. The van der Waals surface area contributed by atoms with Crippen molar-refractivity contribution in [3.05, 3.63) is 122 Å². The van der Waals surface area contributed by atoms with Gasteiger partial charge in [0.25, 0.3) is 0 Å². The molecule has 426 valence electrons. The lowest BCUT2D eigenvalue weighted by atomic mass is 10.1. The van der Waals surface area contributed by atoms with E-state index in [-0.39, 0.29) is 31.1 Å². The summed E-state index contributed by atoms with van der Waals surface area (Å²) >= 11 is 0. The van der Waals surface area contributed by atoms with Crippen molar-refractivity contribution in [2.45, 2.75) is 284 Å². The number of hydrogen-bond acceptors (Lipinski definition) is 6. The van der Waals surface area contributed by atoms with Gasteiger partial charge in [0.15, 0.2) is 6.10 Å². The lowest BCUT2D eigenvalue weighted by Gasteiger charge is -2.18. The summed E-state index contributed by atoms with van der Waals surface area (Å²) in [6.45, 7) is 6.43. The lowest BCUT2D eigenvalue weighted by Crippen LogP contribution is -2.30. The second kappa shape index (κ2) is 62.4. The number of hydrogen-bond donors (Lipinski definition) is 0. The molecule has 0 fully saturated rings. The average molecular weight is 1040 g/mol. The SMILES string of the molecule is CC/C=C\C/C=C\C/C=C\C/C=C\C/C=C\C/C=C\C/C=C\C/C=C\C/C=C\CCCCCCCCCC(=O)OCC(COC(=O)CCCCCCC)OC(=O)CCCCCCCCC/C=C\CCCCCCCC. The maximum Gasteiger partial charge on any atom is 0.306 e.